The van der Waals surface area contributed by atoms with Gasteiger partial charge in [-0.1, -0.05) is 38.1 Å². The van der Waals surface area contributed by atoms with Gasteiger partial charge >= 0.3 is 0 Å². The van der Waals surface area contributed by atoms with Crippen molar-refractivity contribution in [2.45, 2.75) is 26.7 Å². The molecule has 0 radical (unpaired) electrons. The van der Waals surface area contributed by atoms with Crippen molar-refractivity contribution in [1.82, 2.24) is 0 Å². The van der Waals surface area contributed by atoms with E-state index in [1.807, 2.05) is 25.1 Å². The normalized spacial score (nSPS) is 11.4. The number of hydrogen-bond donors (Lipinski definition) is 1. The van der Waals surface area contributed by atoms with Gasteiger partial charge in [0, 0.05) is 5.56 Å². The molecule has 0 heterocycles. The molecule has 22 heavy (non-hydrogen) atoms. The van der Waals surface area contributed by atoms with Gasteiger partial charge in [-0.15, -0.1) is 0 Å². The Balaban J connectivity index is 2.83. The summed E-state index contributed by atoms with van der Waals surface area (Å²) in [7, 11) is 1.53. The second kappa shape index (κ2) is 6.65. The Morgan fingerprint density at radius 1 is 1.18 bits per heavy atom. The maximum atomic E-state index is 13.2. The predicted molar refractivity (Wildman–Crippen MR) is 88.8 cm³/mol. The fraction of sp³-hybridized carbons (Fsp3) is 0.263. The van der Waals surface area contributed by atoms with Crippen LogP contribution >= 0.6 is 0 Å². The van der Waals surface area contributed by atoms with Gasteiger partial charge in [0.2, 0.25) is 0 Å². The predicted octanol–water partition coefficient (Wildman–Crippen LogP) is 5.36. The van der Waals surface area contributed by atoms with Crippen LogP contribution in [0.25, 0.3) is 17.2 Å². The van der Waals surface area contributed by atoms with E-state index >= 15 is 0 Å². The molecular formula is C19H21FO2. The molecule has 2 nitrogen and oxygen atoms in total. The van der Waals surface area contributed by atoms with Gasteiger partial charge in [0.15, 0.2) is 11.5 Å². The molecule has 2 aromatic carbocycles. The van der Waals surface area contributed by atoms with Crippen LogP contribution in [0.3, 0.4) is 0 Å². The lowest BCUT2D eigenvalue weighted by Crippen LogP contribution is -1.98. The fourth-order valence-electron chi connectivity index (χ4n) is 2.57. The van der Waals surface area contributed by atoms with Crippen molar-refractivity contribution in [1.29, 1.82) is 0 Å². The van der Waals surface area contributed by atoms with Crippen LogP contribution in [0.4, 0.5) is 4.39 Å². The summed E-state index contributed by atoms with van der Waals surface area (Å²) in [6.07, 6.45) is 3.90. The zero-order valence-corrected chi connectivity index (χ0v) is 13.4. The summed E-state index contributed by atoms with van der Waals surface area (Å²) in [4.78, 5) is 0. The number of benzene rings is 2. The molecule has 0 spiro atoms. The minimum atomic E-state index is -0.303. The van der Waals surface area contributed by atoms with Crippen LogP contribution in [0.1, 0.15) is 37.8 Å². The molecule has 0 unspecified atom stereocenters. The van der Waals surface area contributed by atoms with Crippen LogP contribution < -0.4 is 4.74 Å². The number of rotatable bonds is 4. The highest BCUT2D eigenvalue weighted by Crippen LogP contribution is 2.44. The maximum absolute atomic E-state index is 13.2. The van der Waals surface area contributed by atoms with Crippen molar-refractivity contribution < 1.29 is 14.2 Å². The van der Waals surface area contributed by atoms with E-state index in [2.05, 4.69) is 13.8 Å². The first-order valence-corrected chi connectivity index (χ1v) is 7.32. The highest BCUT2D eigenvalue weighted by molar-refractivity contribution is 5.84. The Morgan fingerprint density at radius 3 is 2.32 bits per heavy atom. The summed E-state index contributed by atoms with van der Waals surface area (Å²) in [5.41, 5.74) is 3.43. The topological polar surface area (TPSA) is 29.5 Å². The quantitative estimate of drug-likeness (QED) is 0.823. The molecule has 0 aromatic heterocycles. The SMILES string of the molecule is CC=Cc1c(C(C)C)cc(OC)c(O)c1-c1ccc(F)cc1. The maximum Gasteiger partial charge on any atom is 0.166 e. The Labute approximate surface area is 130 Å². The van der Waals surface area contributed by atoms with Crippen molar-refractivity contribution in [2.75, 3.05) is 7.11 Å². The zero-order valence-electron chi connectivity index (χ0n) is 13.4. The molecule has 0 fully saturated rings. The van der Waals surface area contributed by atoms with Gasteiger partial charge in [-0.25, -0.2) is 4.39 Å². The van der Waals surface area contributed by atoms with Crippen LogP contribution in [0.2, 0.25) is 0 Å². The molecule has 2 aromatic rings. The van der Waals surface area contributed by atoms with Crippen LogP contribution in [0, 0.1) is 5.82 Å². The first-order chi connectivity index (χ1) is 10.5. The first-order valence-electron chi connectivity index (χ1n) is 7.32. The molecule has 1 N–H and O–H groups in total. The lowest BCUT2D eigenvalue weighted by atomic mass is 9.88. The second-order valence-corrected chi connectivity index (χ2v) is 5.47. The van der Waals surface area contributed by atoms with Crippen LogP contribution in [0.5, 0.6) is 11.5 Å². The fourth-order valence-corrected chi connectivity index (χ4v) is 2.57. The third-order valence-corrected chi connectivity index (χ3v) is 3.65. The van der Waals surface area contributed by atoms with Gasteiger partial charge in [-0.2, -0.15) is 0 Å². The molecule has 0 saturated carbocycles. The summed E-state index contributed by atoms with van der Waals surface area (Å²) in [5.74, 6) is 0.464. The Bertz CT molecular complexity index is 686. The van der Waals surface area contributed by atoms with Crippen LogP contribution in [0.15, 0.2) is 36.4 Å². The van der Waals surface area contributed by atoms with E-state index in [1.54, 1.807) is 12.1 Å². The monoisotopic (exact) mass is 300 g/mol. The average Bonchev–Trinajstić information content (AvgIpc) is 2.49. The lowest BCUT2D eigenvalue weighted by Gasteiger charge is -2.19. The Hall–Kier alpha value is -2.29. The first kappa shape index (κ1) is 16.1. The van der Waals surface area contributed by atoms with Gasteiger partial charge in [0.1, 0.15) is 5.82 Å². The molecule has 0 bridgehead atoms. The second-order valence-electron chi connectivity index (χ2n) is 5.47. The Morgan fingerprint density at radius 2 is 1.82 bits per heavy atom. The summed E-state index contributed by atoms with van der Waals surface area (Å²) in [6.45, 7) is 6.11. The van der Waals surface area contributed by atoms with Crippen molar-refractivity contribution >= 4 is 6.08 Å². The minimum absolute atomic E-state index is 0.0756. The van der Waals surface area contributed by atoms with Crippen molar-refractivity contribution in [2.24, 2.45) is 0 Å². The largest absolute Gasteiger partial charge is 0.504 e. The van der Waals surface area contributed by atoms with E-state index < -0.39 is 0 Å². The van der Waals surface area contributed by atoms with Gasteiger partial charge < -0.3 is 9.84 Å². The van der Waals surface area contributed by atoms with Gasteiger partial charge in [0.05, 0.1) is 7.11 Å². The van der Waals surface area contributed by atoms with E-state index in [1.165, 1.54) is 19.2 Å². The van der Waals surface area contributed by atoms with Crippen molar-refractivity contribution in [3.63, 3.8) is 0 Å². The standard InChI is InChI=1S/C19H21FO2/c1-5-6-15-16(12(2)3)11-17(22-4)19(21)18(15)13-7-9-14(20)10-8-13/h5-12,21H,1-4H3. The molecule has 0 saturated heterocycles. The van der Waals surface area contributed by atoms with E-state index in [0.29, 0.717) is 11.3 Å². The van der Waals surface area contributed by atoms with Gasteiger partial charge in [-0.05, 0) is 47.7 Å². The lowest BCUT2D eigenvalue weighted by molar-refractivity contribution is 0.373. The molecule has 3 heteroatoms. The van der Waals surface area contributed by atoms with E-state index in [4.69, 9.17) is 4.74 Å². The molecular weight excluding hydrogens is 279 g/mol. The number of ether oxygens (including phenoxy) is 1. The van der Waals surface area contributed by atoms with Crippen molar-refractivity contribution in [3.05, 3.63) is 53.4 Å². The number of phenolic OH excluding ortho intramolecular Hbond substituents is 1. The molecule has 116 valence electrons. The highest BCUT2D eigenvalue weighted by Gasteiger charge is 2.19. The molecule has 0 atom stereocenters. The van der Waals surface area contributed by atoms with Gasteiger partial charge in [0.25, 0.3) is 0 Å². The minimum Gasteiger partial charge on any atom is -0.504 e. The highest BCUT2D eigenvalue weighted by atomic mass is 19.1. The third kappa shape index (κ3) is 2.98. The molecule has 0 amide bonds. The average molecular weight is 300 g/mol. The summed E-state index contributed by atoms with van der Waals surface area (Å²) in [6, 6.07) is 7.98. The molecule has 0 aliphatic heterocycles. The van der Waals surface area contributed by atoms with E-state index in [9.17, 15) is 9.50 Å². The number of allylic oxidation sites excluding steroid dienone is 1. The number of aromatic hydroxyl groups is 1. The third-order valence-electron chi connectivity index (χ3n) is 3.65. The Kier molecular flexibility index (Phi) is 4.86. The van der Waals surface area contributed by atoms with E-state index in [0.717, 1.165) is 16.7 Å². The zero-order chi connectivity index (χ0) is 16.3. The molecule has 0 aliphatic carbocycles. The molecule has 0 aliphatic rings. The van der Waals surface area contributed by atoms with Gasteiger partial charge in [-0.3, -0.25) is 0 Å². The summed E-state index contributed by atoms with van der Waals surface area (Å²) < 4.78 is 18.5. The summed E-state index contributed by atoms with van der Waals surface area (Å²) in [5, 5.41) is 10.6. The number of phenols is 1. The summed E-state index contributed by atoms with van der Waals surface area (Å²) >= 11 is 0. The number of halogens is 1. The van der Waals surface area contributed by atoms with E-state index in [-0.39, 0.29) is 17.5 Å². The van der Waals surface area contributed by atoms with Crippen LogP contribution in [-0.4, -0.2) is 12.2 Å². The smallest absolute Gasteiger partial charge is 0.166 e. The van der Waals surface area contributed by atoms with Crippen LogP contribution in [-0.2, 0) is 0 Å². The van der Waals surface area contributed by atoms with Crippen molar-refractivity contribution in [3.8, 4) is 22.6 Å². The number of hydrogen-bond acceptors (Lipinski definition) is 2. The number of methoxy groups -OCH3 is 1. The molecule has 2 rings (SSSR count).